The lowest BCUT2D eigenvalue weighted by Gasteiger charge is -2.18. The van der Waals surface area contributed by atoms with Gasteiger partial charge in [0.05, 0.1) is 22.7 Å². The average Bonchev–Trinajstić information content (AvgIpc) is 2.81. The van der Waals surface area contributed by atoms with Crippen LogP contribution in [0.5, 0.6) is 23.0 Å². The fraction of sp³-hybridized carbons (Fsp3) is 0. The van der Waals surface area contributed by atoms with Gasteiger partial charge in [-0.15, -0.1) is 0 Å². The van der Waals surface area contributed by atoms with Crippen LogP contribution in [0.3, 0.4) is 0 Å². The summed E-state index contributed by atoms with van der Waals surface area (Å²) >= 11 is 0. The van der Waals surface area contributed by atoms with Crippen molar-refractivity contribution in [2.24, 2.45) is 0 Å². The van der Waals surface area contributed by atoms with E-state index in [1.807, 2.05) is 0 Å². The van der Waals surface area contributed by atoms with Gasteiger partial charge < -0.3 is 32.4 Å². The largest absolute Gasteiger partial charge is 0.454 e. The van der Waals surface area contributed by atoms with Gasteiger partial charge in [0.15, 0.2) is 11.5 Å². The number of hydrogen-bond acceptors (Lipinski definition) is 8. The highest BCUT2D eigenvalue weighted by molar-refractivity contribution is 7.91. The smallest absolute Gasteiger partial charge is 0.214 e. The quantitative estimate of drug-likeness (QED) is 0.306. The molecule has 9 heteroatoms. The Bertz CT molecular complexity index is 1310. The predicted molar refractivity (Wildman–Crippen MR) is 129 cm³/mol. The summed E-state index contributed by atoms with van der Waals surface area (Å²) in [6, 6.07) is 22.7. The number of benzene rings is 4. The van der Waals surface area contributed by atoms with Gasteiger partial charge in [-0.3, -0.25) is 0 Å². The average molecular weight is 463 g/mol. The molecule has 0 aliphatic heterocycles. The highest BCUT2D eigenvalue weighted by Gasteiger charge is 2.30. The number of nitrogens with two attached hydrogens (primary N) is 4. The van der Waals surface area contributed by atoms with Gasteiger partial charge in [-0.1, -0.05) is 36.4 Å². The van der Waals surface area contributed by atoms with Gasteiger partial charge in [-0.25, -0.2) is 8.42 Å². The lowest BCUT2D eigenvalue weighted by Crippen LogP contribution is -2.10. The molecule has 0 radical (unpaired) electrons. The summed E-state index contributed by atoms with van der Waals surface area (Å²) < 4.78 is 39.4. The van der Waals surface area contributed by atoms with E-state index in [2.05, 4.69) is 0 Å². The Balaban J connectivity index is 1.89. The second kappa shape index (κ2) is 8.64. The SMILES string of the molecule is Nc1ccc(S(=O)(=O)c2ccc(N)c(N)c2Oc2ccccc2)c(Oc2ccccc2)c1N. The van der Waals surface area contributed by atoms with Gasteiger partial charge in [0.2, 0.25) is 9.84 Å². The van der Waals surface area contributed by atoms with Crippen molar-refractivity contribution in [3.63, 3.8) is 0 Å². The fourth-order valence-corrected chi connectivity index (χ4v) is 4.68. The first-order valence-corrected chi connectivity index (χ1v) is 11.3. The predicted octanol–water partition coefficient (Wildman–Crippen LogP) is 4.43. The van der Waals surface area contributed by atoms with E-state index < -0.39 is 9.84 Å². The molecule has 0 saturated carbocycles. The van der Waals surface area contributed by atoms with Gasteiger partial charge in [0.25, 0.3) is 0 Å². The molecule has 8 N–H and O–H groups in total. The second-order valence-corrected chi connectivity index (χ2v) is 9.01. The first kappa shape index (κ1) is 21.8. The number of nitrogen functional groups attached to an aromatic ring is 4. The Morgan fingerprint density at radius 1 is 0.515 bits per heavy atom. The van der Waals surface area contributed by atoms with Crippen LogP contribution in [0.1, 0.15) is 0 Å². The molecule has 0 unspecified atom stereocenters. The molecule has 4 rings (SSSR count). The number of anilines is 4. The molecule has 0 amide bonds. The van der Waals surface area contributed by atoms with E-state index in [4.69, 9.17) is 32.4 Å². The Labute approximate surface area is 191 Å². The zero-order valence-electron chi connectivity index (χ0n) is 17.4. The number of para-hydroxylation sites is 2. The van der Waals surface area contributed by atoms with Crippen molar-refractivity contribution in [2.75, 3.05) is 22.9 Å². The van der Waals surface area contributed by atoms with E-state index in [0.29, 0.717) is 11.5 Å². The van der Waals surface area contributed by atoms with Crippen LogP contribution in [0.2, 0.25) is 0 Å². The monoisotopic (exact) mass is 462 g/mol. The van der Waals surface area contributed by atoms with Gasteiger partial charge in [0, 0.05) is 0 Å². The molecule has 0 fully saturated rings. The van der Waals surface area contributed by atoms with Crippen molar-refractivity contribution >= 4 is 32.6 Å². The number of hydrogen-bond donors (Lipinski definition) is 4. The minimum absolute atomic E-state index is 0.00567. The minimum Gasteiger partial charge on any atom is -0.454 e. The topological polar surface area (TPSA) is 157 Å². The normalized spacial score (nSPS) is 11.2. The van der Waals surface area contributed by atoms with Crippen molar-refractivity contribution in [2.45, 2.75) is 9.79 Å². The lowest BCUT2D eigenvalue weighted by molar-refractivity contribution is 0.464. The van der Waals surface area contributed by atoms with Crippen LogP contribution in [0.15, 0.2) is 94.7 Å². The molecule has 0 aromatic heterocycles. The molecule has 4 aromatic carbocycles. The molecular formula is C24H22N4O4S. The van der Waals surface area contributed by atoms with Crippen LogP contribution >= 0.6 is 0 Å². The summed E-state index contributed by atoms with van der Waals surface area (Å²) in [4.78, 5) is -0.389. The number of ether oxygens (including phenoxy) is 2. The highest BCUT2D eigenvalue weighted by Crippen LogP contribution is 2.45. The first-order valence-electron chi connectivity index (χ1n) is 9.86. The molecule has 0 atom stereocenters. The Hall–Kier alpha value is -4.37. The maximum Gasteiger partial charge on any atom is 0.214 e. The van der Waals surface area contributed by atoms with E-state index in [1.165, 1.54) is 24.3 Å². The summed E-state index contributed by atoms with van der Waals surface area (Å²) in [6.45, 7) is 0. The summed E-state index contributed by atoms with van der Waals surface area (Å²) in [6.07, 6.45) is 0. The van der Waals surface area contributed by atoms with Crippen molar-refractivity contribution in [1.29, 1.82) is 0 Å². The highest BCUT2D eigenvalue weighted by atomic mass is 32.2. The Morgan fingerprint density at radius 3 is 1.24 bits per heavy atom. The van der Waals surface area contributed by atoms with Gasteiger partial charge in [-0.2, -0.15) is 0 Å². The molecule has 8 nitrogen and oxygen atoms in total. The molecule has 0 saturated heterocycles. The standard InChI is InChI=1S/C24H22N4O4S/c25-17-11-13-19(23(21(17)27)31-15-7-3-1-4-8-15)33(29,30)20-14-12-18(26)22(28)24(20)32-16-9-5-2-6-10-16/h1-14H,25-28H2. The summed E-state index contributed by atoms with van der Waals surface area (Å²) in [5, 5.41) is 0. The third kappa shape index (κ3) is 4.21. The lowest BCUT2D eigenvalue weighted by atomic mass is 10.2. The third-order valence-electron chi connectivity index (χ3n) is 4.89. The van der Waals surface area contributed by atoms with Crippen molar-refractivity contribution < 1.29 is 17.9 Å². The van der Waals surface area contributed by atoms with E-state index in [9.17, 15) is 8.42 Å². The summed E-state index contributed by atoms with van der Waals surface area (Å²) in [7, 11) is -4.24. The van der Waals surface area contributed by atoms with Crippen LogP contribution in [0.4, 0.5) is 22.7 Å². The van der Waals surface area contributed by atoms with Crippen LogP contribution in [0, 0.1) is 0 Å². The number of sulfone groups is 1. The molecule has 0 aliphatic rings. The number of rotatable bonds is 6. The van der Waals surface area contributed by atoms with E-state index >= 15 is 0 Å². The third-order valence-corrected chi connectivity index (χ3v) is 6.69. The minimum atomic E-state index is -4.24. The van der Waals surface area contributed by atoms with E-state index in [0.717, 1.165) is 0 Å². The van der Waals surface area contributed by atoms with Crippen molar-refractivity contribution in [1.82, 2.24) is 0 Å². The molecule has 0 heterocycles. The van der Waals surface area contributed by atoms with Crippen LogP contribution in [-0.2, 0) is 9.84 Å². The van der Waals surface area contributed by atoms with E-state index in [-0.39, 0.29) is 44.0 Å². The molecule has 4 aromatic rings. The Morgan fingerprint density at radius 2 is 0.879 bits per heavy atom. The van der Waals surface area contributed by atoms with Gasteiger partial charge in [0.1, 0.15) is 21.3 Å². The zero-order chi connectivity index (χ0) is 23.6. The van der Waals surface area contributed by atoms with Crippen molar-refractivity contribution in [3.05, 3.63) is 84.9 Å². The molecular weight excluding hydrogens is 440 g/mol. The van der Waals surface area contributed by atoms with Gasteiger partial charge in [-0.05, 0) is 48.5 Å². The molecule has 0 aliphatic carbocycles. The van der Waals surface area contributed by atoms with Crippen molar-refractivity contribution in [3.8, 4) is 23.0 Å². The summed E-state index contributed by atoms with van der Waals surface area (Å²) in [5.41, 5.74) is 24.5. The summed E-state index contributed by atoms with van der Waals surface area (Å²) in [5.74, 6) is 0.595. The van der Waals surface area contributed by atoms with Crippen LogP contribution in [0.25, 0.3) is 0 Å². The Kier molecular flexibility index (Phi) is 5.72. The maximum absolute atomic E-state index is 13.8. The van der Waals surface area contributed by atoms with Crippen LogP contribution in [-0.4, -0.2) is 8.42 Å². The van der Waals surface area contributed by atoms with Gasteiger partial charge >= 0.3 is 0 Å². The maximum atomic E-state index is 13.8. The van der Waals surface area contributed by atoms with Crippen LogP contribution < -0.4 is 32.4 Å². The zero-order valence-corrected chi connectivity index (χ0v) is 18.3. The molecule has 33 heavy (non-hydrogen) atoms. The fourth-order valence-electron chi connectivity index (χ4n) is 3.15. The van der Waals surface area contributed by atoms with E-state index in [1.54, 1.807) is 60.7 Å². The molecule has 0 spiro atoms. The first-order chi connectivity index (χ1) is 15.8. The molecule has 168 valence electrons. The molecule has 0 bridgehead atoms. The second-order valence-electron chi connectivity index (χ2n) is 7.13.